The van der Waals surface area contributed by atoms with E-state index in [2.05, 4.69) is 22.4 Å². The highest BCUT2D eigenvalue weighted by Crippen LogP contribution is 2.00. The van der Waals surface area contributed by atoms with Gasteiger partial charge in [-0.1, -0.05) is 42.5 Å². The number of hydrogen-bond donors (Lipinski definition) is 2. The van der Waals surface area contributed by atoms with Crippen LogP contribution in [0.15, 0.2) is 41.4 Å². The Hall–Kier alpha value is -1.77. The fourth-order valence-corrected chi connectivity index (χ4v) is 1.25. The van der Waals surface area contributed by atoms with E-state index >= 15 is 0 Å². The second-order valence-corrected chi connectivity index (χ2v) is 3.84. The molecule has 0 atom stereocenters. The highest BCUT2D eigenvalue weighted by molar-refractivity contribution is 5.78. The predicted molar refractivity (Wildman–Crippen MR) is 70.2 cm³/mol. The van der Waals surface area contributed by atoms with Gasteiger partial charge >= 0.3 is 0 Å². The van der Waals surface area contributed by atoms with Crippen molar-refractivity contribution in [3.63, 3.8) is 0 Å². The Balaban J connectivity index is 2.38. The molecule has 1 rings (SSSR count). The van der Waals surface area contributed by atoms with Crippen molar-refractivity contribution < 1.29 is 0 Å². The van der Waals surface area contributed by atoms with E-state index in [9.17, 15) is 0 Å². The molecule has 0 fully saturated rings. The van der Waals surface area contributed by atoms with Crippen molar-refractivity contribution in [2.24, 2.45) is 10.7 Å². The number of hydrogen-bond acceptors (Lipinski definition) is 1. The summed E-state index contributed by atoms with van der Waals surface area (Å²) in [6.45, 7) is 4.66. The maximum atomic E-state index is 5.66. The molecule has 0 radical (unpaired) electrons. The van der Waals surface area contributed by atoms with Crippen molar-refractivity contribution >= 4 is 12.0 Å². The zero-order valence-electron chi connectivity index (χ0n) is 9.85. The van der Waals surface area contributed by atoms with Gasteiger partial charge in [-0.25, -0.2) is 4.99 Å². The highest BCUT2D eigenvalue weighted by Gasteiger charge is 1.92. The number of nitrogens with two attached hydrogens (primary N) is 1. The lowest BCUT2D eigenvalue weighted by molar-refractivity contribution is 0.726. The van der Waals surface area contributed by atoms with Gasteiger partial charge in [-0.15, -0.1) is 0 Å². The van der Waals surface area contributed by atoms with E-state index < -0.39 is 0 Å². The topological polar surface area (TPSA) is 50.4 Å². The fourth-order valence-electron chi connectivity index (χ4n) is 1.25. The lowest BCUT2D eigenvalue weighted by Crippen LogP contribution is -2.36. The summed E-state index contributed by atoms with van der Waals surface area (Å²) in [6, 6.07) is 10.4. The molecule has 1 aromatic carbocycles. The Morgan fingerprint density at radius 1 is 1.38 bits per heavy atom. The van der Waals surface area contributed by atoms with Crippen LogP contribution in [0.5, 0.6) is 0 Å². The van der Waals surface area contributed by atoms with Crippen molar-refractivity contribution in [1.29, 1.82) is 0 Å². The number of nitrogens with zero attached hydrogens (tertiary/aromatic N) is 1. The Labute approximate surface area is 97.1 Å². The molecule has 0 saturated heterocycles. The molecular formula is C13H19N3. The third kappa shape index (κ3) is 5.20. The molecule has 3 N–H and O–H groups in total. The number of nitrogens with one attached hydrogen (secondary N) is 1. The Morgan fingerprint density at radius 3 is 2.69 bits per heavy atom. The van der Waals surface area contributed by atoms with Crippen molar-refractivity contribution in [3.8, 4) is 0 Å². The first-order valence-electron chi connectivity index (χ1n) is 5.46. The molecule has 0 amide bonds. The third-order valence-electron chi connectivity index (χ3n) is 1.91. The number of aliphatic imine (C=N–C) groups is 1. The zero-order chi connectivity index (χ0) is 11.8. The van der Waals surface area contributed by atoms with E-state index in [1.54, 1.807) is 0 Å². The van der Waals surface area contributed by atoms with Crippen LogP contribution in [0.25, 0.3) is 6.08 Å². The molecule has 0 bridgehead atoms. The second-order valence-electron chi connectivity index (χ2n) is 3.84. The molecule has 0 aromatic heterocycles. The fraction of sp³-hybridized carbons (Fsp3) is 0.308. The van der Waals surface area contributed by atoms with Crippen LogP contribution < -0.4 is 11.1 Å². The smallest absolute Gasteiger partial charge is 0.189 e. The van der Waals surface area contributed by atoms with Gasteiger partial charge in [-0.2, -0.15) is 0 Å². The zero-order valence-corrected chi connectivity index (χ0v) is 9.85. The second kappa shape index (κ2) is 6.67. The molecule has 0 unspecified atom stereocenters. The minimum absolute atomic E-state index is 0.321. The molecule has 0 aliphatic carbocycles. The minimum atomic E-state index is 0.321. The van der Waals surface area contributed by atoms with Crippen LogP contribution in [0.4, 0.5) is 0 Å². The van der Waals surface area contributed by atoms with Gasteiger partial charge in [-0.05, 0) is 19.4 Å². The average Bonchev–Trinajstić information content (AvgIpc) is 2.25. The average molecular weight is 217 g/mol. The van der Waals surface area contributed by atoms with Gasteiger partial charge in [0.05, 0.1) is 6.54 Å². The van der Waals surface area contributed by atoms with Gasteiger partial charge in [0.1, 0.15) is 0 Å². The van der Waals surface area contributed by atoms with Crippen LogP contribution in [0.1, 0.15) is 19.4 Å². The SMILES string of the molecule is CC(C)NC(N)=NCC=Cc1ccccc1. The van der Waals surface area contributed by atoms with Crippen LogP contribution in [-0.2, 0) is 0 Å². The molecule has 1 aromatic rings. The van der Waals surface area contributed by atoms with E-state index in [0.29, 0.717) is 18.5 Å². The summed E-state index contributed by atoms with van der Waals surface area (Å²) in [5.41, 5.74) is 6.83. The Kier molecular flexibility index (Phi) is 5.12. The van der Waals surface area contributed by atoms with E-state index in [1.807, 2.05) is 44.2 Å². The van der Waals surface area contributed by atoms with E-state index in [-0.39, 0.29) is 0 Å². The number of rotatable bonds is 4. The van der Waals surface area contributed by atoms with Gasteiger partial charge in [0.15, 0.2) is 5.96 Å². The van der Waals surface area contributed by atoms with E-state index in [0.717, 1.165) is 0 Å². The van der Waals surface area contributed by atoms with Crippen LogP contribution in [0.3, 0.4) is 0 Å². The van der Waals surface area contributed by atoms with Gasteiger partial charge < -0.3 is 11.1 Å². The molecule has 3 heteroatoms. The first-order valence-corrected chi connectivity index (χ1v) is 5.46. The maximum absolute atomic E-state index is 5.66. The molecule has 0 aliphatic rings. The van der Waals surface area contributed by atoms with Crippen molar-refractivity contribution in [2.45, 2.75) is 19.9 Å². The largest absolute Gasteiger partial charge is 0.370 e. The summed E-state index contributed by atoms with van der Waals surface area (Å²) in [5.74, 6) is 0.493. The highest BCUT2D eigenvalue weighted by atomic mass is 15.1. The van der Waals surface area contributed by atoms with Crippen LogP contribution in [-0.4, -0.2) is 18.5 Å². The summed E-state index contributed by atoms with van der Waals surface area (Å²) >= 11 is 0. The summed E-state index contributed by atoms with van der Waals surface area (Å²) in [6.07, 6.45) is 4.02. The number of guanidine groups is 1. The van der Waals surface area contributed by atoms with Gasteiger partial charge in [0, 0.05) is 6.04 Å². The molecule has 86 valence electrons. The van der Waals surface area contributed by atoms with Crippen LogP contribution >= 0.6 is 0 Å². The van der Waals surface area contributed by atoms with Gasteiger partial charge in [0.25, 0.3) is 0 Å². The predicted octanol–water partition coefficient (Wildman–Crippen LogP) is 2.01. The number of benzene rings is 1. The summed E-state index contributed by atoms with van der Waals surface area (Å²) < 4.78 is 0. The van der Waals surface area contributed by atoms with E-state index in [4.69, 9.17) is 5.73 Å². The molecule has 0 heterocycles. The molecule has 0 spiro atoms. The van der Waals surface area contributed by atoms with Gasteiger partial charge in [0.2, 0.25) is 0 Å². The quantitative estimate of drug-likeness (QED) is 0.599. The first-order chi connectivity index (χ1) is 7.68. The standard InChI is InChI=1S/C13H19N3/c1-11(2)16-13(14)15-10-6-9-12-7-4-3-5-8-12/h3-9,11H,10H2,1-2H3,(H3,14,15,16). The molecule has 0 aliphatic heterocycles. The Bertz CT molecular complexity index is 353. The maximum Gasteiger partial charge on any atom is 0.189 e. The van der Waals surface area contributed by atoms with Crippen molar-refractivity contribution in [2.75, 3.05) is 6.54 Å². The van der Waals surface area contributed by atoms with Gasteiger partial charge in [-0.3, -0.25) is 0 Å². The van der Waals surface area contributed by atoms with Crippen molar-refractivity contribution in [3.05, 3.63) is 42.0 Å². The molecular weight excluding hydrogens is 198 g/mol. The van der Waals surface area contributed by atoms with E-state index in [1.165, 1.54) is 5.56 Å². The summed E-state index contributed by atoms with van der Waals surface area (Å²) in [4.78, 5) is 4.18. The first kappa shape index (κ1) is 12.3. The van der Waals surface area contributed by atoms with Crippen molar-refractivity contribution in [1.82, 2.24) is 5.32 Å². The molecule has 3 nitrogen and oxygen atoms in total. The monoisotopic (exact) mass is 217 g/mol. The normalized spacial score (nSPS) is 12.3. The van der Waals surface area contributed by atoms with Crippen LogP contribution in [0, 0.1) is 0 Å². The minimum Gasteiger partial charge on any atom is -0.370 e. The summed E-state index contributed by atoms with van der Waals surface area (Å²) in [7, 11) is 0. The third-order valence-corrected chi connectivity index (χ3v) is 1.91. The Morgan fingerprint density at radius 2 is 2.06 bits per heavy atom. The van der Waals surface area contributed by atoms with Crippen LogP contribution in [0.2, 0.25) is 0 Å². The lowest BCUT2D eigenvalue weighted by atomic mass is 10.2. The summed E-state index contributed by atoms with van der Waals surface area (Å²) in [5, 5.41) is 3.04. The molecule has 16 heavy (non-hydrogen) atoms. The molecule has 0 saturated carbocycles. The lowest BCUT2D eigenvalue weighted by Gasteiger charge is -2.07.